The molecule has 2 aromatic carbocycles. The van der Waals surface area contributed by atoms with Crippen molar-refractivity contribution in [1.29, 1.82) is 0 Å². The van der Waals surface area contributed by atoms with Crippen LogP contribution in [0.5, 0.6) is 17.2 Å². The van der Waals surface area contributed by atoms with E-state index < -0.39 is 28.3 Å². The number of nitrogens with one attached hydrogen (secondary N) is 1. The molecule has 1 saturated carbocycles. The first kappa shape index (κ1) is 25.2. The number of alkyl halides is 3. The molecule has 0 saturated heterocycles. The van der Waals surface area contributed by atoms with Gasteiger partial charge in [0.1, 0.15) is 0 Å². The summed E-state index contributed by atoms with van der Waals surface area (Å²) in [6.45, 7) is 1.87. The van der Waals surface area contributed by atoms with Gasteiger partial charge in [0, 0.05) is 0 Å². The van der Waals surface area contributed by atoms with Gasteiger partial charge in [-0.2, -0.15) is 0 Å². The second-order valence-electron chi connectivity index (χ2n) is 9.10. The molecule has 10 heteroatoms. The Morgan fingerprint density at radius 3 is 2.70 bits per heavy atom. The second kappa shape index (κ2) is 10.1. The number of aromatic hydroxyl groups is 1. The van der Waals surface area contributed by atoms with E-state index in [-0.39, 0.29) is 22.9 Å². The number of pyridine rings is 1. The van der Waals surface area contributed by atoms with Gasteiger partial charge in [-0.15, -0.1) is 0 Å². The van der Waals surface area contributed by atoms with Crippen LogP contribution in [0.25, 0.3) is 16.9 Å². The maximum atomic E-state index is 12.8. The van der Waals surface area contributed by atoms with Crippen molar-refractivity contribution in [2.75, 3.05) is 0 Å². The van der Waals surface area contributed by atoms with Crippen LogP contribution < -0.4 is 14.4 Å². The number of hydrogen-bond donors (Lipinski definition) is 2. The molecule has 1 atom stereocenters. The van der Waals surface area contributed by atoms with Crippen LogP contribution in [-0.2, 0) is 0 Å². The van der Waals surface area contributed by atoms with Gasteiger partial charge in [-0.3, -0.25) is 0 Å². The number of nitrogens with zero attached hydrogens (tertiary/aromatic N) is 2. The van der Waals surface area contributed by atoms with E-state index >= 15 is 0 Å². The molecule has 1 amide bonds. The molecule has 2 aromatic heterocycles. The van der Waals surface area contributed by atoms with Crippen molar-refractivity contribution in [1.82, 2.24) is 14.7 Å². The topological polar surface area (TPSA) is 75.9 Å². The number of aromatic nitrogens is 2. The van der Waals surface area contributed by atoms with E-state index in [9.17, 15) is 23.1 Å². The van der Waals surface area contributed by atoms with Crippen LogP contribution in [0.3, 0.4) is 0 Å². The SMILES string of the molecule is Cc1cc(-c2cnc3c([AsH]CCC(F)(F)F)cc(Oc4cccc(O)c4)cn23)ccc1C(=O)NC1CC1. The maximum absolute atomic E-state index is 12.8. The number of benzene rings is 2. The van der Waals surface area contributed by atoms with E-state index in [0.717, 1.165) is 34.0 Å². The zero-order valence-corrected chi connectivity index (χ0v) is 22.1. The number of halogens is 3. The van der Waals surface area contributed by atoms with E-state index in [0.29, 0.717) is 22.7 Å². The first-order chi connectivity index (χ1) is 17.7. The van der Waals surface area contributed by atoms with E-state index in [2.05, 4.69) is 10.3 Å². The molecule has 5 rings (SSSR count). The van der Waals surface area contributed by atoms with Crippen molar-refractivity contribution in [3.8, 4) is 28.5 Å². The fourth-order valence-corrected chi connectivity index (χ4v) is 6.71. The zero-order chi connectivity index (χ0) is 26.2. The Kier molecular flexibility index (Phi) is 6.90. The molecule has 2 heterocycles. The van der Waals surface area contributed by atoms with Gasteiger partial charge >= 0.3 is 218 Å². The van der Waals surface area contributed by atoms with Crippen LogP contribution in [0.4, 0.5) is 13.2 Å². The van der Waals surface area contributed by atoms with Gasteiger partial charge in [-0.05, 0) is 0 Å². The van der Waals surface area contributed by atoms with Crippen LogP contribution in [0, 0.1) is 6.92 Å². The van der Waals surface area contributed by atoms with Gasteiger partial charge in [0.15, 0.2) is 0 Å². The Balaban J connectivity index is 1.51. The molecule has 1 aliphatic rings. The molecule has 4 aromatic rings. The number of ether oxygens (including phenoxy) is 1. The Morgan fingerprint density at radius 2 is 2.00 bits per heavy atom. The molecule has 2 N–H and O–H groups in total. The summed E-state index contributed by atoms with van der Waals surface area (Å²) in [5.74, 6) is 0.787. The minimum absolute atomic E-state index is 0.0425. The Morgan fingerprint density at radius 1 is 1.19 bits per heavy atom. The number of hydrogen-bond acceptors (Lipinski definition) is 4. The average molecular weight is 571 g/mol. The normalized spacial score (nSPS) is 13.9. The molecule has 192 valence electrons. The molecule has 0 aliphatic heterocycles. The quantitative estimate of drug-likeness (QED) is 0.288. The van der Waals surface area contributed by atoms with Gasteiger partial charge in [0.2, 0.25) is 0 Å². The molecule has 37 heavy (non-hydrogen) atoms. The van der Waals surface area contributed by atoms with Crippen LogP contribution in [-0.4, -0.2) is 48.4 Å². The number of carbonyl (C=O) groups excluding carboxylic acids is 1. The number of fused-ring (bicyclic) bond motifs is 1. The van der Waals surface area contributed by atoms with Gasteiger partial charge in [0.05, 0.1) is 0 Å². The van der Waals surface area contributed by atoms with Crippen LogP contribution in [0.15, 0.2) is 60.9 Å². The number of rotatable bonds is 8. The average Bonchev–Trinajstić information content (AvgIpc) is 3.53. The molecular formula is C27H25AsF3N3O3. The number of imidazole rings is 1. The van der Waals surface area contributed by atoms with Crippen LogP contribution in [0.2, 0.25) is 5.21 Å². The fourth-order valence-electron chi connectivity index (χ4n) is 4.05. The first-order valence-corrected chi connectivity index (χ1v) is 14.4. The van der Waals surface area contributed by atoms with E-state index in [4.69, 9.17) is 4.74 Å². The number of phenols is 1. The summed E-state index contributed by atoms with van der Waals surface area (Å²) in [6, 6.07) is 13.9. The molecular weight excluding hydrogens is 546 g/mol. The van der Waals surface area contributed by atoms with Crippen molar-refractivity contribution >= 4 is 31.7 Å². The zero-order valence-electron chi connectivity index (χ0n) is 20.0. The Labute approximate surface area is 218 Å². The van der Waals surface area contributed by atoms with Crippen molar-refractivity contribution < 1.29 is 27.8 Å². The summed E-state index contributed by atoms with van der Waals surface area (Å²) in [5.41, 5.74) is 3.57. The van der Waals surface area contributed by atoms with Crippen molar-refractivity contribution in [3.63, 3.8) is 0 Å². The molecule has 1 aliphatic carbocycles. The second-order valence-corrected chi connectivity index (χ2v) is 12.0. The predicted octanol–water partition coefficient (Wildman–Crippen LogP) is 5.13. The predicted molar refractivity (Wildman–Crippen MR) is 136 cm³/mol. The van der Waals surface area contributed by atoms with Crippen molar-refractivity contribution in [2.45, 2.75) is 43.6 Å². The summed E-state index contributed by atoms with van der Waals surface area (Å²) in [7, 11) is 0. The van der Waals surface area contributed by atoms with E-state index in [1.165, 1.54) is 12.1 Å². The molecule has 0 bridgehead atoms. The monoisotopic (exact) mass is 571 g/mol. The van der Waals surface area contributed by atoms with E-state index in [1.54, 1.807) is 36.7 Å². The summed E-state index contributed by atoms with van der Waals surface area (Å²) in [4.78, 5) is 17.1. The van der Waals surface area contributed by atoms with Crippen molar-refractivity contribution in [3.05, 3.63) is 72.1 Å². The summed E-state index contributed by atoms with van der Waals surface area (Å²) < 4.78 is 47.0. The number of carbonyl (C=O) groups is 1. The summed E-state index contributed by atoms with van der Waals surface area (Å²) in [5, 5.41) is 12.8. The molecule has 0 spiro atoms. The third kappa shape index (κ3) is 6.10. The minimum atomic E-state index is -4.21. The Bertz CT molecular complexity index is 1460. The number of amides is 1. The van der Waals surface area contributed by atoms with Gasteiger partial charge in [0.25, 0.3) is 0 Å². The third-order valence-electron chi connectivity index (χ3n) is 6.04. The Hall–Kier alpha value is -3.45. The van der Waals surface area contributed by atoms with Crippen molar-refractivity contribution in [2.24, 2.45) is 0 Å². The van der Waals surface area contributed by atoms with Gasteiger partial charge < -0.3 is 0 Å². The van der Waals surface area contributed by atoms with Gasteiger partial charge in [-0.1, -0.05) is 0 Å². The fraction of sp³-hybridized carbons (Fsp3) is 0.259. The molecule has 6 nitrogen and oxygen atoms in total. The van der Waals surface area contributed by atoms with Crippen LogP contribution in [0.1, 0.15) is 35.2 Å². The summed E-state index contributed by atoms with van der Waals surface area (Å²) >= 11 is -1.17. The van der Waals surface area contributed by atoms with Crippen LogP contribution >= 0.6 is 0 Å². The van der Waals surface area contributed by atoms with E-state index in [1.807, 2.05) is 23.5 Å². The first-order valence-electron chi connectivity index (χ1n) is 11.9. The molecule has 1 fully saturated rings. The third-order valence-corrected chi connectivity index (χ3v) is 8.66. The van der Waals surface area contributed by atoms with Gasteiger partial charge in [-0.25, -0.2) is 0 Å². The number of phenolic OH excluding ortho intramolecular Hbond substituents is 1. The number of aryl methyl sites for hydroxylation is 1. The molecule has 1 unspecified atom stereocenters. The summed E-state index contributed by atoms with van der Waals surface area (Å²) in [6.07, 6.45) is 0.392. The molecule has 0 radical (unpaired) electrons. The standard InChI is InChI=1S/C27H25AsF3N3O3/c1-16-11-17(5-8-22(16)26(36)33-18-6-7-18)24-14-32-25-23(28-10-9-27(29,30)31)13-21(15-34(24)25)37-20-4-2-3-19(35)12-20/h2-5,8,11-15,18,28,35H,6-7,9-10H2,1H3,(H,33,36).